The molecule has 5 nitrogen and oxygen atoms in total. The molecule has 0 spiro atoms. The van der Waals surface area contributed by atoms with Crippen molar-refractivity contribution in [3.05, 3.63) is 29.6 Å². The minimum Gasteiger partial charge on any atom is -0.382 e. The van der Waals surface area contributed by atoms with Gasteiger partial charge in [-0.2, -0.15) is 0 Å². The molecule has 0 atom stereocenters. The first-order valence-corrected chi connectivity index (χ1v) is 7.52. The summed E-state index contributed by atoms with van der Waals surface area (Å²) in [5.74, 6) is -0.641. The van der Waals surface area contributed by atoms with Gasteiger partial charge in [-0.15, -0.1) is 0 Å². The Kier molecular flexibility index (Phi) is 4.06. The van der Waals surface area contributed by atoms with Gasteiger partial charge in [-0.05, 0) is 31.4 Å². The van der Waals surface area contributed by atoms with Gasteiger partial charge >= 0.3 is 0 Å². The van der Waals surface area contributed by atoms with Crippen LogP contribution in [0.2, 0.25) is 0 Å². The lowest BCUT2D eigenvalue weighted by Crippen LogP contribution is -2.57. The van der Waals surface area contributed by atoms with Crippen molar-refractivity contribution in [1.29, 1.82) is 0 Å². The molecule has 1 heterocycles. The number of likely N-dealkylation sites (N-methyl/N-ethyl adjacent to an activating group) is 1. The van der Waals surface area contributed by atoms with Gasteiger partial charge in [0.2, 0.25) is 0 Å². The monoisotopic (exact) mass is 323 g/mol. The fourth-order valence-corrected chi connectivity index (χ4v) is 3.15. The van der Waals surface area contributed by atoms with Gasteiger partial charge in [0.25, 0.3) is 12.3 Å². The third-order valence-corrected chi connectivity index (χ3v) is 4.68. The molecule has 1 fully saturated rings. The van der Waals surface area contributed by atoms with Gasteiger partial charge in [0.15, 0.2) is 5.82 Å². The van der Waals surface area contributed by atoms with Crippen LogP contribution in [0.25, 0.3) is 11.0 Å². The minimum absolute atomic E-state index is 0.223. The number of halogens is 2. The molecule has 23 heavy (non-hydrogen) atoms. The van der Waals surface area contributed by atoms with E-state index in [1.54, 1.807) is 37.3 Å². The number of benzene rings is 1. The number of hydrogen-bond acceptors (Lipinski definition) is 3. The lowest BCUT2D eigenvalue weighted by atomic mass is 9.76. The van der Waals surface area contributed by atoms with E-state index in [2.05, 4.69) is 9.97 Å². The van der Waals surface area contributed by atoms with Crippen LogP contribution < -0.4 is 0 Å². The molecule has 0 bridgehead atoms. The van der Waals surface area contributed by atoms with Crippen LogP contribution in [0, 0.1) is 0 Å². The van der Waals surface area contributed by atoms with E-state index in [4.69, 9.17) is 4.74 Å². The van der Waals surface area contributed by atoms with E-state index < -0.39 is 12.2 Å². The first-order chi connectivity index (χ1) is 11.0. The van der Waals surface area contributed by atoms with Crippen LogP contribution in [0.1, 0.15) is 41.9 Å². The molecule has 1 aromatic carbocycles. The van der Waals surface area contributed by atoms with Crippen molar-refractivity contribution in [2.75, 3.05) is 20.8 Å². The topological polar surface area (TPSA) is 58.2 Å². The number of nitrogens with zero attached hydrogens (tertiary/aromatic N) is 2. The van der Waals surface area contributed by atoms with Gasteiger partial charge in [-0.1, -0.05) is 6.07 Å². The average Bonchev–Trinajstić information content (AvgIpc) is 2.93. The Morgan fingerprint density at radius 3 is 2.78 bits per heavy atom. The maximum absolute atomic E-state index is 12.9. The second kappa shape index (κ2) is 5.88. The molecule has 124 valence electrons. The number of imidazole rings is 1. The Morgan fingerprint density at radius 2 is 2.22 bits per heavy atom. The van der Waals surface area contributed by atoms with Crippen molar-refractivity contribution < 1.29 is 18.3 Å². The second-order valence-electron chi connectivity index (χ2n) is 6.00. The van der Waals surface area contributed by atoms with E-state index in [0.29, 0.717) is 17.7 Å². The van der Waals surface area contributed by atoms with Crippen LogP contribution in [0.15, 0.2) is 18.2 Å². The maximum atomic E-state index is 12.9. The second-order valence-corrected chi connectivity index (χ2v) is 6.00. The zero-order valence-corrected chi connectivity index (χ0v) is 13.1. The number of amides is 1. The normalized spacial score (nSPS) is 16.6. The molecular weight excluding hydrogens is 304 g/mol. The van der Waals surface area contributed by atoms with Crippen molar-refractivity contribution in [3.63, 3.8) is 0 Å². The van der Waals surface area contributed by atoms with Crippen molar-refractivity contribution >= 4 is 16.9 Å². The molecule has 1 aliphatic carbocycles. The van der Waals surface area contributed by atoms with Crippen molar-refractivity contribution in [3.8, 4) is 0 Å². The fourth-order valence-electron chi connectivity index (χ4n) is 3.15. The molecule has 0 saturated heterocycles. The third-order valence-electron chi connectivity index (χ3n) is 4.68. The summed E-state index contributed by atoms with van der Waals surface area (Å²) >= 11 is 0. The molecule has 1 aliphatic rings. The molecule has 1 aromatic heterocycles. The average molecular weight is 323 g/mol. The van der Waals surface area contributed by atoms with Gasteiger partial charge in [-0.3, -0.25) is 4.79 Å². The Morgan fingerprint density at radius 1 is 1.48 bits per heavy atom. The van der Waals surface area contributed by atoms with Gasteiger partial charge in [0.05, 0.1) is 23.2 Å². The minimum atomic E-state index is -2.70. The van der Waals surface area contributed by atoms with E-state index >= 15 is 0 Å². The summed E-state index contributed by atoms with van der Waals surface area (Å²) in [6.07, 6.45) is 0.0990. The van der Waals surface area contributed by atoms with Crippen LogP contribution >= 0.6 is 0 Å². The highest BCUT2D eigenvalue weighted by Crippen LogP contribution is 2.38. The largest absolute Gasteiger partial charge is 0.382 e. The summed E-state index contributed by atoms with van der Waals surface area (Å²) in [6.45, 7) is 0.466. The number of carbonyl (C=O) groups excluding carboxylic acids is 1. The number of aromatic amines is 1. The van der Waals surface area contributed by atoms with E-state index in [0.717, 1.165) is 19.3 Å². The van der Waals surface area contributed by atoms with E-state index in [-0.39, 0.29) is 17.0 Å². The predicted molar refractivity (Wildman–Crippen MR) is 81.6 cm³/mol. The van der Waals surface area contributed by atoms with Crippen LogP contribution in [-0.2, 0) is 4.74 Å². The smallest absolute Gasteiger partial charge is 0.295 e. The number of aromatic nitrogens is 2. The first kappa shape index (κ1) is 15.9. The van der Waals surface area contributed by atoms with Gasteiger partial charge < -0.3 is 14.6 Å². The number of ether oxygens (including phenoxy) is 1. The summed E-state index contributed by atoms with van der Waals surface area (Å²) in [4.78, 5) is 21.0. The molecule has 1 amide bonds. The Labute approximate surface area is 132 Å². The zero-order valence-electron chi connectivity index (χ0n) is 13.1. The Balaban J connectivity index is 1.97. The maximum Gasteiger partial charge on any atom is 0.295 e. The molecule has 3 rings (SSSR count). The van der Waals surface area contributed by atoms with Gasteiger partial charge in [-0.25, -0.2) is 13.8 Å². The summed E-state index contributed by atoms with van der Waals surface area (Å²) < 4.78 is 31.0. The molecule has 1 N–H and O–H groups in total. The highest BCUT2D eigenvalue weighted by atomic mass is 19.3. The van der Waals surface area contributed by atoms with Gasteiger partial charge in [0.1, 0.15) is 5.52 Å². The third kappa shape index (κ3) is 2.59. The molecule has 0 unspecified atom stereocenters. The van der Waals surface area contributed by atoms with Gasteiger partial charge in [0, 0.05) is 14.2 Å². The summed E-state index contributed by atoms with van der Waals surface area (Å²) in [5, 5.41) is 0. The lowest BCUT2D eigenvalue weighted by Gasteiger charge is -2.48. The molecule has 0 radical (unpaired) electrons. The first-order valence-electron chi connectivity index (χ1n) is 7.52. The van der Waals surface area contributed by atoms with E-state index in [1.165, 1.54) is 0 Å². The molecule has 2 aromatic rings. The predicted octanol–water partition coefficient (Wildman–Crippen LogP) is 3.14. The Bertz CT molecular complexity index is 725. The number of rotatable bonds is 5. The standard InChI is InChI=1S/C16H19F2N3O2/c1-21(16(9-23-2)7-4-8-16)15(22)10-5-3-6-11-12(10)20-14(19-11)13(17)18/h3,5-6,13H,4,7-9H2,1-2H3,(H,19,20). The summed E-state index contributed by atoms with van der Waals surface area (Å²) in [6, 6.07) is 4.93. The Hall–Kier alpha value is -2.02. The molecule has 7 heteroatoms. The van der Waals surface area contributed by atoms with Crippen molar-refractivity contribution in [2.45, 2.75) is 31.2 Å². The quantitative estimate of drug-likeness (QED) is 0.919. The summed E-state index contributed by atoms with van der Waals surface area (Å²) in [7, 11) is 3.35. The lowest BCUT2D eigenvalue weighted by molar-refractivity contribution is -0.0184. The highest BCUT2D eigenvalue weighted by molar-refractivity contribution is 6.05. The number of methoxy groups -OCH3 is 1. The SMILES string of the molecule is COCC1(N(C)C(=O)c2cccc3[nH]c(C(F)F)nc23)CCC1. The van der Waals surface area contributed by atoms with Crippen LogP contribution in [0.4, 0.5) is 8.78 Å². The van der Waals surface area contributed by atoms with Crippen molar-refractivity contribution in [1.82, 2.24) is 14.9 Å². The van der Waals surface area contributed by atoms with Crippen LogP contribution in [-0.4, -0.2) is 47.1 Å². The van der Waals surface area contributed by atoms with E-state index in [9.17, 15) is 13.6 Å². The van der Waals surface area contributed by atoms with Crippen LogP contribution in [0.3, 0.4) is 0 Å². The van der Waals surface area contributed by atoms with Crippen LogP contribution in [0.5, 0.6) is 0 Å². The number of para-hydroxylation sites is 1. The number of hydrogen-bond donors (Lipinski definition) is 1. The zero-order chi connectivity index (χ0) is 16.6. The summed E-state index contributed by atoms with van der Waals surface area (Å²) in [5.41, 5.74) is 0.742. The van der Waals surface area contributed by atoms with Crippen molar-refractivity contribution in [2.24, 2.45) is 0 Å². The molecule has 1 saturated carbocycles. The number of nitrogens with one attached hydrogen (secondary N) is 1. The molecule has 0 aliphatic heterocycles. The highest BCUT2D eigenvalue weighted by Gasteiger charge is 2.43. The number of H-pyrrole nitrogens is 1. The number of fused-ring (bicyclic) bond motifs is 1. The number of alkyl halides is 2. The molecular formula is C16H19F2N3O2. The fraction of sp³-hybridized carbons (Fsp3) is 0.500. The van der Waals surface area contributed by atoms with E-state index in [1.807, 2.05) is 0 Å². The number of carbonyl (C=O) groups is 1.